The molecule has 1 aliphatic rings. The van der Waals surface area contributed by atoms with Gasteiger partial charge in [0.15, 0.2) is 6.61 Å². The maximum Gasteiger partial charge on any atom is 0.321 e. The van der Waals surface area contributed by atoms with E-state index in [0.717, 1.165) is 5.41 Å². The number of nitrogens with zero attached hydrogens (tertiary/aromatic N) is 2. The number of hydrogen-bond donors (Lipinski definition) is 1. The number of sulfonamides is 1. The van der Waals surface area contributed by atoms with Crippen LogP contribution in [-0.4, -0.2) is 75.3 Å². The molecule has 10 heteroatoms. The van der Waals surface area contributed by atoms with Crippen LogP contribution in [0.3, 0.4) is 0 Å². The molecule has 0 aromatic heterocycles. The number of amides is 2. The summed E-state index contributed by atoms with van der Waals surface area (Å²) in [7, 11) is -3.81. The van der Waals surface area contributed by atoms with Crippen LogP contribution in [0, 0.1) is 0 Å². The van der Waals surface area contributed by atoms with Gasteiger partial charge in [0, 0.05) is 38.5 Å². The molecule has 152 valence electrons. The Morgan fingerprint density at radius 1 is 1.07 bits per heavy atom. The second kappa shape index (κ2) is 10.00. The highest BCUT2D eigenvalue weighted by Gasteiger charge is 2.23. The molecule has 28 heavy (non-hydrogen) atoms. The number of esters is 1. The largest absolute Gasteiger partial charge is 0.455 e. The number of ether oxygens (including phenoxy) is 1. The molecule has 1 fully saturated rings. The van der Waals surface area contributed by atoms with Crippen LogP contribution in [-0.2, 0) is 29.1 Å². The Balaban J connectivity index is 1.71. The summed E-state index contributed by atoms with van der Waals surface area (Å²) >= 11 is 0. The van der Waals surface area contributed by atoms with Crippen LogP contribution in [0.4, 0.5) is 0 Å². The molecule has 0 saturated carbocycles. The van der Waals surface area contributed by atoms with E-state index < -0.39 is 29.1 Å². The van der Waals surface area contributed by atoms with Crippen molar-refractivity contribution in [2.24, 2.45) is 0 Å². The Hall–Kier alpha value is -2.72. The normalized spacial score (nSPS) is 14.9. The van der Waals surface area contributed by atoms with Gasteiger partial charge in [0.05, 0.1) is 0 Å². The summed E-state index contributed by atoms with van der Waals surface area (Å²) < 4.78 is 30.7. The Morgan fingerprint density at radius 2 is 1.68 bits per heavy atom. The molecule has 0 spiro atoms. The molecular weight excluding hydrogens is 386 g/mol. The summed E-state index contributed by atoms with van der Waals surface area (Å²) in [6.07, 6.45) is 1.40. The van der Waals surface area contributed by atoms with Gasteiger partial charge in [0.2, 0.25) is 15.9 Å². The van der Waals surface area contributed by atoms with Crippen molar-refractivity contribution in [3.63, 3.8) is 0 Å². The lowest BCUT2D eigenvalue weighted by Crippen LogP contribution is -2.51. The Bertz CT molecular complexity index is 830. The fourth-order valence-corrected chi connectivity index (χ4v) is 3.25. The fourth-order valence-electron chi connectivity index (χ4n) is 2.50. The fraction of sp³-hybridized carbons (Fsp3) is 0.389. The van der Waals surface area contributed by atoms with E-state index >= 15 is 0 Å². The molecule has 2 rings (SSSR count). The van der Waals surface area contributed by atoms with E-state index in [2.05, 4.69) is 4.72 Å². The van der Waals surface area contributed by atoms with Gasteiger partial charge >= 0.3 is 5.97 Å². The van der Waals surface area contributed by atoms with Crippen molar-refractivity contribution in [1.82, 2.24) is 14.5 Å². The van der Waals surface area contributed by atoms with Crippen molar-refractivity contribution >= 4 is 33.9 Å². The highest BCUT2D eigenvalue weighted by Crippen LogP contribution is 2.04. The van der Waals surface area contributed by atoms with Crippen molar-refractivity contribution in [2.45, 2.75) is 6.92 Å². The zero-order chi connectivity index (χ0) is 20.6. The Kier molecular flexibility index (Phi) is 7.70. The minimum atomic E-state index is -3.81. The summed E-state index contributed by atoms with van der Waals surface area (Å²) in [5.74, 6) is -1.29. The predicted molar refractivity (Wildman–Crippen MR) is 102 cm³/mol. The molecule has 2 amide bonds. The molecule has 1 aromatic rings. The number of nitrogens with one attached hydrogen (secondary N) is 1. The van der Waals surface area contributed by atoms with Crippen molar-refractivity contribution in [3.05, 3.63) is 41.3 Å². The summed E-state index contributed by atoms with van der Waals surface area (Å²) in [6, 6.07) is 8.83. The van der Waals surface area contributed by atoms with Crippen LogP contribution in [0.15, 0.2) is 35.7 Å². The van der Waals surface area contributed by atoms with Gasteiger partial charge in [-0.1, -0.05) is 30.3 Å². The summed E-state index contributed by atoms with van der Waals surface area (Å²) in [6.45, 7) is 2.02. The number of hydrogen-bond acceptors (Lipinski definition) is 6. The first-order chi connectivity index (χ1) is 13.3. The van der Waals surface area contributed by atoms with E-state index in [1.54, 1.807) is 29.2 Å². The van der Waals surface area contributed by atoms with Gasteiger partial charge in [0.1, 0.15) is 6.54 Å². The van der Waals surface area contributed by atoms with Crippen LogP contribution in [0.5, 0.6) is 0 Å². The lowest BCUT2D eigenvalue weighted by Gasteiger charge is -2.34. The van der Waals surface area contributed by atoms with Crippen LogP contribution >= 0.6 is 0 Å². The van der Waals surface area contributed by atoms with E-state index in [1.165, 1.54) is 17.9 Å². The maximum atomic E-state index is 12.0. The molecule has 9 nitrogen and oxygen atoms in total. The highest BCUT2D eigenvalue weighted by molar-refractivity contribution is 7.92. The third-order valence-corrected chi connectivity index (χ3v) is 5.13. The molecule has 0 atom stereocenters. The minimum Gasteiger partial charge on any atom is -0.455 e. The SMILES string of the molecule is CC(=O)N1CCN(C(=O)COC(=O)CNS(=O)(=O)/C=C/c2ccccc2)CC1. The summed E-state index contributed by atoms with van der Waals surface area (Å²) in [4.78, 5) is 38.1. The summed E-state index contributed by atoms with van der Waals surface area (Å²) in [5, 5.41) is 0.954. The van der Waals surface area contributed by atoms with Crippen LogP contribution in [0.1, 0.15) is 12.5 Å². The molecule has 0 unspecified atom stereocenters. The monoisotopic (exact) mass is 409 g/mol. The lowest BCUT2D eigenvalue weighted by molar-refractivity contribution is -0.152. The van der Waals surface area contributed by atoms with Gasteiger partial charge in [-0.15, -0.1) is 0 Å². The average molecular weight is 409 g/mol. The minimum absolute atomic E-state index is 0.0490. The van der Waals surface area contributed by atoms with Crippen molar-refractivity contribution in [1.29, 1.82) is 0 Å². The van der Waals surface area contributed by atoms with Crippen LogP contribution < -0.4 is 4.72 Å². The van der Waals surface area contributed by atoms with Gasteiger partial charge in [-0.05, 0) is 11.6 Å². The van der Waals surface area contributed by atoms with E-state index in [4.69, 9.17) is 4.74 Å². The first kappa shape index (κ1) is 21.6. The van der Waals surface area contributed by atoms with Crippen LogP contribution in [0.2, 0.25) is 0 Å². The topological polar surface area (TPSA) is 113 Å². The second-order valence-corrected chi connectivity index (χ2v) is 7.78. The lowest BCUT2D eigenvalue weighted by atomic mass is 10.2. The van der Waals surface area contributed by atoms with E-state index in [9.17, 15) is 22.8 Å². The van der Waals surface area contributed by atoms with E-state index in [0.29, 0.717) is 31.7 Å². The van der Waals surface area contributed by atoms with Gasteiger partial charge in [0.25, 0.3) is 5.91 Å². The molecular formula is C18H23N3O6S. The molecule has 1 aliphatic heterocycles. The number of carbonyl (C=O) groups excluding carboxylic acids is 3. The molecule has 0 aliphatic carbocycles. The molecule has 1 N–H and O–H groups in total. The summed E-state index contributed by atoms with van der Waals surface area (Å²) in [5.41, 5.74) is 0.700. The Morgan fingerprint density at radius 3 is 2.29 bits per heavy atom. The van der Waals surface area contributed by atoms with Crippen molar-refractivity contribution in [3.8, 4) is 0 Å². The number of piperazine rings is 1. The maximum absolute atomic E-state index is 12.0. The third kappa shape index (κ3) is 7.12. The number of rotatable bonds is 7. The first-order valence-electron chi connectivity index (χ1n) is 8.68. The number of benzene rings is 1. The van der Waals surface area contributed by atoms with Crippen LogP contribution in [0.25, 0.3) is 6.08 Å². The van der Waals surface area contributed by atoms with Gasteiger partial charge in [-0.2, -0.15) is 0 Å². The quantitative estimate of drug-likeness (QED) is 0.625. The van der Waals surface area contributed by atoms with E-state index in [1.807, 2.05) is 6.07 Å². The highest BCUT2D eigenvalue weighted by atomic mass is 32.2. The first-order valence-corrected chi connectivity index (χ1v) is 10.2. The van der Waals surface area contributed by atoms with Gasteiger partial charge in [-0.25, -0.2) is 13.1 Å². The Labute approximate surface area is 164 Å². The number of carbonyl (C=O) groups is 3. The molecule has 1 heterocycles. The van der Waals surface area contributed by atoms with Crippen molar-refractivity contribution < 1.29 is 27.5 Å². The average Bonchev–Trinajstić information content (AvgIpc) is 2.70. The zero-order valence-electron chi connectivity index (χ0n) is 15.5. The predicted octanol–water partition coefficient (Wildman–Crippen LogP) is -0.189. The molecule has 1 saturated heterocycles. The van der Waals surface area contributed by atoms with E-state index in [-0.39, 0.29) is 11.8 Å². The zero-order valence-corrected chi connectivity index (χ0v) is 16.4. The smallest absolute Gasteiger partial charge is 0.321 e. The molecule has 0 radical (unpaired) electrons. The van der Waals surface area contributed by atoms with Gasteiger partial charge < -0.3 is 14.5 Å². The second-order valence-electron chi connectivity index (χ2n) is 6.13. The standard InChI is InChI=1S/C18H23N3O6S/c1-15(22)20-8-10-21(11-9-20)17(23)14-27-18(24)13-19-28(25,26)12-7-16-5-3-2-4-6-16/h2-7,12,19H,8-11,13-14H2,1H3/b12-7+. The molecule has 1 aromatic carbocycles. The van der Waals surface area contributed by atoms with Crippen molar-refractivity contribution in [2.75, 3.05) is 39.3 Å². The third-order valence-electron chi connectivity index (χ3n) is 4.09. The van der Waals surface area contributed by atoms with Gasteiger partial charge in [-0.3, -0.25) is 14.4 Å². The molecule has 0 bridgehead atoms.